The van der Waals surface area contributed by atoms with Crippen molar-refractivity contribution in [3.05, 3.63) is 59.4 Å². The van der Waals surface area contributed by atoms with Crippen LogP contribution in [0.15, 0.2) is 46.2 Å². The van der Waals surface area contributed by atoms with E-state index < -0.39 is 0 Å². The normalized spacial score (nSPS) is 11.5. The first-order chi connectivity index (χ1) is 15.5. The van der Waals surface area contributed by atoms with Gasteiger partial charge in [-0.1, -0.05) is 23.0 Å². The lowest BCUT2D eigenvalue weighted by molar-refractivity contribution is 0.393. The molecular weight excluding hydrogens is 422 g/mol. The molecule has 4 heterocycles. The van der Waals surface area contributed by atoms with E-state index in [-0.39, 0.29) is 0 Å². The maximum atomic E-state index is 5.80. The average molecular weight is 446 g/mol. The highest BCUT2D eigenvalue weighted by molar-refractivity contribution is 7.98. The van der Waals surface area contributed by atoms with E-state index in [4.69, 9.17) is 24.2 Å². The second-order valence-electron chi connectivity index (χ2n) is 7.72. The zero-order valence-electron chi connectivity index (χ0n) is 18.6. The van der Waals surface area contributed by atoms with Crippen LogP contribution in [0.4, 0.5) is 0 Å². The van der Waals surface area contributed by atoms with E-state index in [0.717, 1.165) is 66.8 Å². The number of aromatic nitrogens is 5. The minimum atomic E-state index is 0.626. The molecule has 8 heteroatoms. The lowest BCUT2D eigenvalue weighted by Crippen LogP contribution is -2.04. The molecule has 0 aliphatic rings. The zero-order valence-corrected chi connectivity index (χ0v) is 19.4. The van der Waals surface area contributed by atoms with Gasteiger partial charge < -0.3 is 13.8 Å². The number of nitrogens with zero attached hydrogens (tertiary/aromatic N) is 5. The molecule has 0 aliphatic carbocycles. The number of fused-ring (bicyclic) bond motifs is 3. The Kier molecular flexibility index (Phi) is 5.09. The first kappa shape index (κ1) is 20.5. The molecule has 5 rings (SSSR count). The van der Waals surface area contributed by atoms with Crippen LogP contribution in [0.25, 0.3) is 33.1 Å². The Labute approximate surface area is 189 Å². The first-order valence-corrected chi connectivity index (χ1v) is 11.5. The van der Waals surface area contributed by atoms with Gasteiger partial charge in [-0.15, -0.1) is 0 Å². The number of aryl methyl sites for hydroxylation is 3. The van der Waals surface area contributed by atoms with Crippen molar-refractivity contribution in [3.63, 3.8) is 0 Å². The molecule has 0 atom stereocenters. The van der Waals surface area contributed by atoms with Crippen molar-refractivity contribution in [2.24, 2.45) is 0 Å². The largest absolute Gasteiger partial charge is 0.496 e. The fourth-order valence-electron chi connectivity index (χ4n) is 4.20. The molecule has 7 nitrogen and oxygen atoms in total. The Morgan fingerprint density at radius 2 is 1.94 bits per heavy atom. The summed E-state index contributed by atoms with van der Waals surface area (Å²) < 4.78 is 13.4. The predicted molar refractivity (Wildman–Crippen MR) is 126 cm³/mol. The number of pyridine rings is 2. The fraction of sp³-hybridized carbons (Fsp3) is 0.250. The quantitative estimate of drug-likeness (QED) is 0.338. The van der Waals surface area contributed by atoms with Gasteiger partial charge in [-0.05, 0) is 51.3 Å². The molecule has 0 saturated heterocycles. The Hall–Kier alpha value is -3.39. The van der Waals surface area contributed by atoms with Crippen LogP contribution in [0.3, 0.4) is 0 Å². The van der Waals surface area contributed by atoms with Crippen molar-refractivity contribution in [1.29, 1.82) is 0 Å². The fourth-order valence-corrected chi connectivity index (χ4v) is 4.77. The van der Waals surface area contributed by atoms with E-state index in [1.165, 1.54) is 0 Å². The van der Waals surface area contributed by atoms with Gasteiger partial charge >= 0.3 is 0 Å². The summed E-state index contributed by atoms with van der Waals surface area (Å²) in [5.41, 5.74) is 7.39. The summed E-state index contributed by atoms with van der Waals surface area (Å²) in [6.45, 7) is 6.47. The van der Waals surface area contributed by atoms with Crippen molar-refractivity contribution in [1.82, 2.24) is 24.7 Å². The van der Waals surface area contributed by atoms with E-state index in [9.17, 15) is 0 Å². The van der Waals surface area contributed by atoms with Crippen molar-refractivity contribution in [2.75, 3.05) is 13.4 Å². The van der Waals surface area contributed by atoms with Gasteiger partial charge in [0.1, 0.15) is 17.0 Å². The Bertz CT molecular complexity index is 1450. The maximum absolute atomic E-state index is 5.80. The molecule has 0 aliphatic heterocycles. The number of ether oxygens (including phenoxy) is 1. The lowest BCUT2D eigenvalue weighted by atomic mass is 10.0. The predicted octanol–water partition coefficient (Wildman–Crippen LogP) is 5.34. The highest BCUT2D eigenvalue weighted by Crippen LogP contribution is 2.39. The highest BCUT2D eigenvalue weighted by Gasteiger charge is 2.20. The molecule has 0 spiro atoms. The molecule has 0 saturated carbocycles. The van der Waals surface area contributed by atoms with Crippen LogP contribution in [0.5, 0.6) is 5.75 Å². The third-order valence-corrected chi connectivity index (χ3v) is 6.29. The van der Waals surface area contributed by atoms with Gasteiger partial charge in [0.2, 0.25) is 0 Å². The smallest absolute Gasteiger partial charge is 0.169 e. The van der Waals surface area contributed by atoms with Gasteiger partial charge in [0.05, 0.1) is 47.8 Å². The molecule has 0 bridgehead atoms. The summed E-state index contributed by atoms with van der Waals surface area (Å²) in [5, 5.41) is 6.01. The molecule has 5 aromatic rings. The highest BCUT2D eigenvalue weighted by atomic mass is 32.2. The SMILES string of the molecule is COc1cc2c(cc1-c1c(C)noc1C)ncc1nc(SC)n(Cc3cccc(C)n3)c12. The molecule has 32 heavy (non-hydrogen) atoms. The van der Waals surface area contributed by atoms with E-state index in [0.29, 0.717) is 6.54 Å². The number of thioether (sulfide) groups is 1. The molecule has 0 unspecified atom stereocenters. The van der Waals surface area contributed by atoms with Gasteiger partial charge in [0.25, 0.3) is 0 Å². The molecule has 4 aromatic heterocycles. The zero-order chi connectivity index (χ0) is 22.4. The average Bonchev–Trinajstić information content (AvgIpc) is 3.31. The van der Waals surface area contributed by atoms with Crippen molar-refractivity contribution in [2.45, 2.75) is 32.5 Å². The summed E-state index contributed by atoms with van der Waals surface area (Å²) >= 11 is 1.61. The molecule has 0 radical (unpaired) electrons. The van der Waals surface area contributed by atoms with Gasteiger partial charge in [0.15, 0.2) is 5.16 Å². The minimum Gasteiger partial charge on any atom is -0.496 e. The Balaban J connectivity index is 1.78. The number of hydrogen-bond acceptors (Lipinski definition) is 7. The van der Waals surface area contributed by atoms with E-state index in [1.54, 1.807) is 18.9 Å². The summed E-state index contributed by atoms with van der Waals surface area (Å²) in [6.07, 6.45) is 3.87. The standard InChI is InChI=1S/C24H23N5O2S/c1-13-7-6-8-16(26-13)12-29-23-17-10-21(30-4)18(22-14(2)28-31-15(22)3)9-19(17)25-11-20(23)27-24(29)32-5/h6-11H,12H2,1-5H3. The summed E-state index contributed by atoms with van der Waals surface area (Å²) in [6, 6.07) is 10.2. The third kappa shape index (κ3) is 3.31. The summed E-state index contributed by atoms with van der Waals surface area (Å²) in [4.78, 5) is 14.2. The number of hydrogen-bond donors (Lipinski definition) is 0. The number of benzene rings is 1. The topological polar surface area (TPSA) is 78.9 Å². The molecule has 0 fully saturated rings. The Morgan fingerprint density at radius 1 is 1.09 bits per heavy atom. The van der Waals surface area contributed by atoms with Crippen LogP contribution in [0, 0.1) is 20.8 Å². The number of imidazole rings is 1. The van der Waals surface area contributed by atoms with Crippen molar-refractivity contribution >= 4 is 33.7 Å². The van der Waals surface area contributed by atoms with Crippen molar-refractivity contribution < 1.29 is 9.26 Å². The molecular formula is C24H23N5O2S. The third-order valence-electron chi connectivity index (χ3n) is 5.61. The van der Waals surface area contributed by atoms with Crippen LogP contribution in [-0.4, -0.2) is 38.0 Å². The van der Waals surface area contributed by atoms with Crippen LogP contribution in [-0.2, 0) is 6.54 Å². The second kappa shape index (κ2) is 7.94. The van der Waals surface area contributed by atoms with Crippen LogP contribution >= 0.6 is 11.8 Å². The molecule has 1 aromatic carbocycles. The van der Waals surface area contributed by atoms with Gasteiger partial charge in [-0.3, -0.25) is 9.97 Å². The van der Waals surface area contributed by atoms with Crippen LogP contribution < -0.4 is 4.74 Å². The minimum absolute atomic E-state index is 0.626. The number of rotatable bonds is 5. The van der Waals surface area contributed by atoms with Gasteiger partial charge in [0, 0.05) is 16.6 Å². The van der Waals surface area contributed by atoms with E-state index in [2.05, 4.69) is 9.72 Å². The lowest BCUT2D eigenvalue weighted by Gasteiger charge is -2.13. The summed E-state index contributed by atoms with van der Waals surface area (Å²) in [7, 11) is 1.68. The van der Waals surface area contributed by atoms with Gasteiger partial charge in [-0.25, -0.2) is 4.98 Å². The summed E-state index contributed by atoms with van der Waals surface area (Å²) in [5.74, 6) is 1.50. The van der Waals surface area contributed by atoms with Gasteiger partial charge in [-0.2, -0.15) is 0 Å². The molecule has 0 N–H and O–H groups in total. The second-order valence-corrected chi connectivity index (χ2v) is 8.49. The first-order valence-electron chi connectivity index (χ1n) is 10.3. The number of methoxy groups -OCH3 is 1. The molecule has 0 amide bonds. The van der Waals surface area contributed by atoms with E-state index >= 15 is 0 Å². The van der Waals surface area contributed by atoms with Crippen molar-refractivity contribution in [3.8, 4) is 16.9 Å². The monoisotopic (exact) mass is 445 g/mol. The van der Waals surface area contributed by atoms with Crippen LogP contribution in [0.2, 0.25) is 0 Å². The Morgan fingerprint density at radius 3 is 2.62 bits per heavy atom. The molecule has 162 valence electrons. The van der Waals surface area contributed by atoms with Crippen LogP contribution in [0.1, 0.15) is 22.8 Å². The van der Waals surface area contributed by atoms with E-state index in [1.807, 2.05) is 63.6 Å². The maximum Gasteiger partial charge on any atom is 0.169 e.